The Morgan fingerprint density at radius 2 is 1.71 bits per heavy atom. The molecule has 1 heterocycles. The molecular weight excluding hydrogens is 401 g/mol. The van der Waals surface area contributed by atoms with Gasteiger partial charge in [-0.15, -0.1) is 0 Å². The van der Waals surface area contributed by atoms with Crippen molar-refractivity contribution < 1.29 is 23.5 Å². The first-order valence-electron chi connectivity index (χ1n) is 10.1. The summed E-state index contributed by atoms with van der Waals surface area (Å²) >= 11 is 0. The van der Waals surface area contributed by atoms with Gasteiger partial charge in [-0.2, -0.15) is 0 Å². The van der Waals surface area contributed by atoms with Crippen LogP contribution in [0, 0.1) is 5.82 Å². The van der Waals surface area contributed by atoms with E-state index in [0.29, 0.717) is 49.4 Å². The van der Waals surface area contributed by atoms with Crippen molar-refractivity contribution in [1.82, 2.24) is 10.2 Å². The Kier molecular flexibility index (Phi) is 7.02. The van der Waals surface area contributed by atoms with Crippen LogP contribution in [0.25, 0.3) is 0 Å². The molecule has 3 rings (SSSR count). The van der Waals surface area contributed by atoms with Crippen LogP contribution in [0.4, 0.5) is 10.1 Å². The van der Waals surface area contributed by atoms with Crippen molar-refractivity contribution in [3.63, 3.8) is 0 Å². The molecule has 164 valence electrons. The summed E-state index contributed by atoms with van der Waals surface area (Å²) < 4.78 is 18.4. The van der Waals surface area contributed by atoms with E-state index in [9.17, 15) is 18.8 Å². The van der Waals surface area contributed by atoms with Gasteiger partial charge in [0.1, 0.15) is 5.82 Å². The number of nitrogens with one attached hydrogen (secondary N) is 2. The number of hydrogen-bond acceptors (Lipinski definition) is 4. The molecule has 1 unspecified atom stereocenters. The van der Waals surface area contributed by atoms with Crippen LogP contribution < -0.4 is 10.6 Å². The van der Waals surface area contributed by atoms with Crippen LogP contribution >= 0.6 is 0 Å². The number of ether oxygens (including phenoxy) is 1. The van der Waals surface area contributed by atoms with Crippen molar-refractivity contribution in [2.75, 3.05) is 32.1 Å². The summed E-state index contributed by atoms with van der Waals surface area (Å²) in [5, 5.41) is 5.72. The predicted octanol–water partition coefficient (Wildman–Crippen LogP) is 2.84. The zero-order valence-corrected chi connectivity index (χ0v) is 17.6. The topological polar surface area (TPSA) is 87.7 Å². The molecule has 7 nitrogen and oxygen atoms in total. The van der Waals surface area contributed by atoms with Crippen molar-refractivity contribution in [3.05, 3.63) is 65.5 Å². The molecule has 1 fully saturated rings. The van der Waals surface area contributed by atoms with Gasteiger partial charge >= 0.3 is 0 Å². The Balaban J connectivity index is 1.71. The second kappa shape index (κ2) is 9.70. The lowest BCUT2D eigenvalue weighted by Gasteiger charge is -2.30. The highest BCUT2D eigenvalue weighted by atomic mass is 19.1. The summed E-state index contributed by atoms with van der Waals surface area (Å²) in [5.41, 5.74) is 0.845. The van der Waals surface area contributed by atoms with Crippen molar-refractivity contribution in [3.8, 4) is 0 Å². The molecule has 1 aliphatic rings. The van der Waals surface area contributed by atoms with Crippen molar-refractivity contribution in [1.29, 1.82) is 0 Å². The molecule has 2 aromatic rings. The molecule has 1 atom stereocenters. The maximum absolute atomic E-state index is 13.2. The molecule has 8 heteroatoms. The maximum atomic E-state index is 13.2. The highest BCUT2D eigenvalue weighted by molar-refractivity contribution is 5.97. The van der Waals surface area contributed by atoms with Gasteiger partial charge < -0.3 is 20.3 Å². The maximum Gasteiger partial charge on any atom is 0.253 e. The number of rotatable bonds is 7. The van der Waals surface area contributed by atoms with Gasteiger partial charge in [-0.3, -0.25) is 14.4 Å². The lowest BCUT2D eigenvalue weighted by Crippen LogP contribution is -2.51. The molecule has 1 saturated heterocycles. The molecule has 31 heavy (non-hydrogen) atoms. The summed E-state index contributed by atoms with van der Waals surface area (Å²) in [6, 6.07) is 12.0. The van der Waals surface area contributed by atoms with E-state index in [1.807, 2.05) is 0 Å². The number of benzene rings is 2. The highest BCUT2D eigenvalue weighted by Gasteiger charge is 2.41. The predicted molar refractivity (Wildman–Crippen MR) is 114 cm³/mol. The third kappa shape index (κ3) is 5.67. The number of anilines is 1. The molecule has 0 aliphatic carbocycles. The van der Waals surface area contributed by atoms with Crippen molar-refractivity contribution in [2.24, 2.45) is 0 Å². The average Bonchev–Trinajstić information content (AvgIpc) is 3.16. The van der Waals surface area contributed by atoms with Crippen LogP contribution in [-0.4, -0.2) is 55.0 Å². The van der Waals surface area contributed by atoms with Crippen molar-refractivity contribution >= 4 is 23.4 Å². The number of carbonyl (C=O) groups excluding carboxylic acids is 3. The minimum Gasteiger partial charge on any atom is -0.385 e. The number of carbonyl (C=O) groups is 3. The Bertz CT molecular complexity index is 946. The number of hydrogen-bond donors (Lipinski definition) is 2. The van der Waals surface area contributed by atoms with Crippen LogP contribution in [0.15, 0.2) is 48.5 Å². The number of nitrogens with zero attached hydrogens (tertiary/aromatic N) is 1. The fourth-order valence-corrected chi connectivity index (χ4v) is 3.71. The lowest BCUT2D eigenvalue weighted by molar-refractivity contribution is -0.114. The first kappa shape index (κ1) is 22.4. The summed E-state index contributed by atoms with van der Waals surface area (Å²) in [6.07, 6.45) is 1.13. The van der Waals surface area contributed by atoms with Crippen LogP contribution in [0.1, 0.15) is 40.5 Å². The third-order valence-electron chi connectivity index (χ3n) is 5.36. The van der Waals surface area contributed by atoms with E-state index < -0.39 is 11.4 Å². The molecule has 1 aliphatic heterocycles. The SMILES string of the molecule is COCCC1(NC(=O)c2ccc(F)cc2)CCN(C(=O)c2ccc(NC(C)=O)cc2)C1. The molecule has 2 aromatic carbocycles. The largest absolute Gasteiger partial charge is 0.385 e. The van der Waals surface area contributed by atoms with E-state index in [1.54, 1.807) is 36.3 Å². The smallest absolute Gasteiger partial charge is 0.253 e. The van der Waals surface area contributed by atoms with E-state index >= 15 is 0 Å². The molecular formula is C23H26FN3O4. The Morgan fingerprint density at radius 3 is 2.32 bits per heavy atom. The van der Waals surface area contributed by atoms with Gasteiger partial charge in [0.2, 0.25) is 5.91 Å². The molecule has 0 spiro atoms. The third-order valence-corrected chi connectivity index (χ3v) is 5.36. The van der Waals surface area contributed by atoms with Gasteiger partial charge in [0.15, 0.2) is 0 Å². The molecule has 0 saturated carbocycles. The van der Waals surface area contributed by atoms with E-state index in [4.69, 9.17) is 4.74 Å². The van der Waals surface area contributed by atoms with Gasteiger partial charge in [-0.05, 0) is 61.4 Å². The second-order valence-electron chi connectivity index (χ2n) is 7.72. The highest BCUT2D eigenvalue weighted by Crippen LogP contribution is 2.27. The van der Waals surface area contributed by atoms with Gasteiger partial charge in [0, 0.05) is 50.5 Å². The zero-order valence-electron chi connectivity index (χ0n) is 17.6. The van der Waals surface area contributed by atoms with Gasteiger partial charge in [-0.1, -0.05) is 0 Å². The average molecular weight is 427 g/mol. The fourth-order valence-electron chi connectivity index (χ4n) is 3.71. The summed E-state index contributed by atoms with van der Waals surface area (Å²) in [6.45, 7) is 2.68. The molecule has 0 aromatic heterocycles. The molecule has 0 bridgehead atoms. The van der Waals surface area contributed by atoms with Gasteiger partial charge in [-0.25, -0.2) is 4.39 Å². The number of methoxy groups -OCH3 is 1. The fraction of sp³-hybridized carbons (Fsp3) is 0.348. The van der Waals surface area contributed by atoms with E-state index in [-0.39, 0.29) is 17.7 Å². The van der Waals surface area contributed by atoms with Crippen molar-refractivity contribution in [2.45, 2.75) is 25.3 Å². The summed E-state index contributed by atoms with van der Waals surface area (Å²) in [7, 11) is 1.59. The normalized spacial score (nSPS) is 18.0. The monoisotopic (exact) mass is 427 g/mol. The van der Waals surface area contributed by atoms with E-state index in [2.05, 4.69) is 10.6 Å². The number of halogens is 1. The van der Waals surface area contributed by atoms with E-state index in [0.717, 1.165) is 0 Å². The first-order valence-corrected chi connectivity index (χ1v) is 10.1. The molecule has 2 N–H and O–H groups in total. The van der Waals surface area contributed by atoms with Gasteiger partial charge in [0.25, 0.3) is 11.8 Å². The first-order chi connectivity index (χ1) is 14.8. The Labute approximate surface area is 180 Å². The number of likely N-dealkylation sites (tertiary alicyclic amines) is 1. The van der Waals surface area contributed by atoms with Gasteiger partial charge in [0.05, 0.1) is 5.54 Å². The quantitative estimate of drug-likeness (QED) is 0.711. The van der Waals surface area contributed by atoms with Crippen LogP contribution in [0.5, 0.6) is 0 Å². The lowest BCUT2D eigenvalue weighted by atomic mass is 9.93. The Hall–Kier alpha value is -3.26. The van der Waals surface area contributed by atoms with Crippen LogP contribution in [-0.2, 0) is 9.53 Å². The zero-order chi connectivity index (χ0) is 22.4. The summed E-state index contributed by atoms with van der Waals surface area (Å²) in [4.78, 5) is 38.6. The second-order valence-corrected chi connectivity index (χ2v) is 7.72. The minimum atomic E-state index is -0.632. The Morgan fingerprint density at radius 1 is 1.06 bits per heavy atom. The summed E-state index contributed by atoms with van der Waals surface area (Å²) in [5.74, 6) is -1.05. The molecule has 0 radical (unpaired) electrons. The van der Waals surface area contributed by atoms with E-state index in [1.165, 1.54) is 31.2 Å². The molecule has 3 amide bonds. The standard InChI is InChI=1S/C23H26FN3O4/c1-16(28)25-20-9-5-18(6-10-20)22(30)27-13-11-23(15-27,12-14-31-2)26-21(29)17-3-7-19(24)8-4-17/h3-10H,11-15H2,1-2H3,(H,25,28)(H,26,29). The number of amides is 3. The minimum absolute atomic E-state index is 0.148. The van der Waals surface area contributed by atoms with Crippen LogP contribution in [0.2, 0.25) is 0 Å². The van der Waals surface area contributed by atoms with Crippen LogP contribution in [0.3, 0.4) is 0 Å².